The molecule has 7 nitrogen and oxygen atoms in total. The van der Waals surface area contributed by atoms with E-state index in [2.05, 4.69) is 10.5 Å². The van der Waals surface area contributed by atoms with E-state index in [1.54, 1.807) is 39.8 Å². The maximum atomic E-state index is 12.0. The summed E-state index contributed by atoms with van der Waals surface area (Å²) in [6, 6.07) is 5.54. The van der Waals surface area contributed by atoms with E-state index in [4.69, 9.17) is 9.47 Å². The number of carbonyl (C=O) groups excluding carboxylic acids is 2. The number of esters is 1. The lowest BCUT2D eigenvalue weighted by molar-refractivity contribution is -0.145. The molecule has 0 fully saturated rings. The molecule has 0 aliphatic heterocycles. The molecule has 0 saturated heterocycles. The lowest BCUT2D eigenvalue weighted by Gasteiger charge is -2.23. The molecule has 1 atom stereocenters. The van der Waals surface area contributed by atoms with Crippen LogP contribution in [0.25, 0.3) is 0 Å². The van der Waals surface area contributed by atoms with Crippen LogP contribution in [0.1, 0.15) is 33.3 Å². The summed E-state index contributed by atoms with van der Waals surface area (Å²) in [7, 11) is 0. The fraction of sp³-hybridized carbons (Fsp3) is 0.500. The van der Waals surface area contributed by atoms with Crippen molar-refractivity contribution in [1.29, 1.82) is 0 Å². The molecule has 1 aromatic carbocycles. The number of benzene rings is 1. The Hall–Kier alpha value is -2.44. The highest BCUT2D eigenvalue weighted by molar-refractivity contribution is 5.81. The van der Waals surface area contributed by atoms with Crippen LogP contribution in [0, 0.1) is 4.91 Å². The molecule has 1 N–H and O–H groups in total. The zero-order valence-electron chi connectivity index (χ0n) is 13.8. The van der Waals surface area contributed by atoms with Crippen LogP contribution < -0.4 is 5.32 Å². The molecule has 0 radical (unpaired) electrons. The third-order valence-electron chi connectivity index (χ3n) is 2.74. The van der Waals surface area contributed by atoms with Crippen molar-refractivity contribution in [2.24, 2.45) is 5.18 Å². The molecular formula is C16H22N2O5. The second-order valence-electron chi connectivity index (χ2n) is 5.91. The van der Waals surface area contributed by atoms with Crippen LogP contribution in [0.5, 0.6) is 0 Å². The van der Waals surface area contributed by atoms with E-state index < -0.39 is 23.7 Å². The predicted octanol–water partition coefficient (Wildman–Crippen LogP) is 3.08. The smallest absolute Gasteiger partial charge is 0.408 e. The first-order valence-electron chi connectivity index (χ1n) is 7.33. The van der Waals surface area contributed by atoms with Crippen LogP contribution >= 0.6 is 0 Å². The van der Waals surface area contributed by atoms with Gasteiger partial charge in [-0.05, 0) is 50.6 Å². The van der Waals surface area contributed by atoms with Crippen molar-refractivity contribution in [3.63, 3.8) is 0 Å². The summed E-state index contributed by atoms with van der Waals surface area (Å²) in [6.45, 7) is 7.09. The molecule has 1 amide bonds. The SMILES string of the molecule is CCOC(=O)[C@H](Cc1ccc(N=O)cc1)NC(=O)OC(C)(C)C. The Morgan fingerprint density at radius 1 is 1.22 bits per heavy atom. The summed E-state index contributed by atoms with van der Waals surface area (Å²) in [5.74, 6) is -0.545. The molecule has 1 rings (SSSR count). The summed E-state index contributed by atoms with van der Waals surface area (Å²) in [6.07, 6.45) is -0.473. The van der Waals surface area contributed by atoms with E-state index in [1.165, 1.54) is 12.1 Å². The van der Waals surface area contributed by atoms with Crippen molar-refractivity contribution < 1.29 is 19.1 Å². The number of alkyl carbamates (subject to hydrolysis) is 1. The maximum absolute atomic E-state index is 12.0. The van der Waals surface area contributed by atoms with Crippen LogP contribution in [0.3, 0.4) is 0 Å². The number of nitrogens with one attached hydrogen (secondary N) is 1. The topological polar surface area (TPSA) is 94.1 Å². The standard InChI is InChI=1S/C16H22N2O5/c1-5-22-14(19)13(17-15(20)23-16(2,3)4)10-11-6-8-12(18-21)9-7-11/h6-9,13H,5,10H2,1-4H3,(H,17,20)/t13-/m0/s1. The Morgan fingerprint density at radius 3 is 2.30 bits per heavy atom. The molecule has 126 valence electrons. The van der Waals surface area contributed by atoms with Gasteiger partial charge in [-0.15, -0.1) is 4.91 Å². The minimum Gasteiger partial charge on any atom is -0.464 e. The van der Waals surface area contributed by atoms with Crippen LogP contribution in [0.2, 0.25) is 0 Å². The van der Waals surface area contributed by atoms with Crippen molar-refractivity contribution in [3.05, 3.63) is 34.7 Å². The van der Waals surface area contributed by atoms with Gasteiger partial charge in [-0.3, -0.25) is 0 Å². The summed E-state index contributed by atoms with van der Waals surface area (Å²) in [5.41, 5.74) is 0.383. The Bertz CT molecular complexity index is 549. The number of nitroso groups, excluding NO2 is 1. The first-order valence-corrected chi connectivity index (χ1v) is 7.33. The Morgan fingerprint density at radius 2 is 1.83 bits per heavy atom. The van der Waals surface area contributed by atoms with Crippen LogP contribution in [0.4, 0.5) is 10.5 Å². The zero-order valence-corrected chi connectivity index (χ0v) is 13.8. The molecule has 0 saturated carbocycles. The summed E-state index contributed by atoms with van der Waals surface area (Å²) >= 11 is 0. The molecule has 0 unspecified atom stereocenters. The van der Waals surface area contributed by atoms with Gasteiger partial charge in [0.2, 0.25) is 0 Å². The van der Waals surface area contributed by atoms with Gasteiger partial charge in [0.05, 0.1) is 6.61 Å². The average molecular weight is 322 g/mol. The number of hydrogen-bond donors (Lipinski definition) is 1. The molecule has 1 aromatic rings. The normalized spacial score (nSPS) is 12.2. The summed E-state index contributed by atoms with van der Waals surface area (Å²) < 4.78 is 10.1. The van der Waals surface area contributed by atoms with Gasteiger partial charge in [0.15, 0.2) is 0 Å². The molecule has 7 heteroatoms. The summed E-state index contributed by atoms with van der Waals surface area (Å²) in [5, 5.41) is 5.33. The van der Waals surface area contributed by atoms with Gasteiger partial charge in [-0.2, -0.15) is 0 Å². The number of rotatable bonds is 6. The molecule has 0 aliphatic carbocycles. The van der Waals surface area contributed by atoms with Crippen molar-refractivity contribution in [2.75, 3.05) is 6.61 Å². The number of carbonyl (C=O) groups is 2. The maximum Gasteiger partial charge on any atom is 0.408 e. The quantitative estimate of drug-likeness (QED) is 0.641. The van der Waals surface area contributed by atoms with Gasteiger partial charge < -0.3 is 14.8 Å². The van der Waals surface area contributed by atoms with Gasteiger partial charge in [-0.25, -0.2) is 9.59 Å². The minimum atomic E-state index is -0.875. The number of ether oxygens (including phenoxy) is 2. The highest BCUT2D eigenvalue weighted by atomic mass is 16.6. The first kappa shape index (κ1) is 18.6. The Labute approximate surface area is 135 Å². The van der Waals surface area contributed by atoms with Gasteiger partial charge in [-0.1, -0.05) is 12.1 Å². The Balaban J connectivity index is 2.80. The van der Waals surface area contributed by atoms with Crippen LogP contribution in [0.15, 0.2) is 29.4 Å². The molecule has 0 aliphatic rings. The third-order valence-corrected chi connectivity index (χ3v) is 2.74. The number of amides is 1. The minimum absolute atomic E-state index is 0.208. The second-order valence-corrected chi connectivity index (χ2v) is 5.91. The number of hydrogen-bond acceptors (Lipinski definition) is 6. The lowest BCUT2D eigenvalue weighted by Crippen LogP contribution is -2.45. The van der Waals surface area contributed by atoms with E-state index in [0.29, 0.717) is 5.69 Å². The van der Waals surface area contributed by atoms with Crippen LogP contribution in [-0.2, 0) is 20.7 Å². The van der Waals surface area contributed by atoms with Gasteiger partial charge in [0, 0.05) is 6.42 Å². The van der Waals surface area contributed by atoms with E-state index in [-0.39, 0.29) is 13.0 Å². The average Bonchev–Trinajstić information content (AvgIpc) is 2.45. The Kier molecular flexibility index (Phi) is 6.68. The molecular weight excluding hydrogens is 300 g/mol. The van der Waals surface area contributed by atoms with Gasteiger partial charge >= 0.3 is 12.1 Å². The molecule has 0 heterocycles. The fourth-order valence-electron chi connectivity index (χ4n) is 1.81. The van der Waals surface area contributed by atoms with Gasteiger partial charge in [0.1, 0.15) is 17.3 Å². The first-order chi connectivity index (χ1) is 10.7. The highest BCUT2D eigenvalue weighted by Crippen LogP contribution is 2.14. The van der Waals surface area contributed by atoms with E-state index in [9.17, 15) is 14.5 Å². The zero-order chi connectivity index (χ0) is 17.5. The predicted molar refractivity (Wildman–Crippen MR) is 85.4 cm³/mol. The van der Waals surface area contributed by atoms with Crippen molar-refractivity contribution in [3.8, 4) is 0 Å². The lowest BCUT2D eigenvalue weighted by atomic mass is 10.1. The third kappa shape index (κ3) is 6.90. The number of nitrogens with zero attached hydrogens (tertiary/aromatic N) is 1. The fourth-order valence-corrected chi connectivity index (χ4v) is 1.81. The second kappa shape index (κ2) is 8.26. The van der Waals surface area contributed by atoms with E-state index in [1.807, 2.05) is 0 Å². The van der Waals surface area contributed by atoms with Gasteiger partial charge in [0.25, 0.3) is 0 Å². The van der Waals surface area contributed by atoms with E-state index >= 15 is 0 Å². The largest absolute Gasteiger partial charge is 0.464 e. The highest BCUT2D eigenvalue weighted by Gasteiger charge is 2.25. The molecule has 0 aromatic heterocycles. The molecule has 0 spiro atoms. The monoisotopic (exact) mass is 322 g/mol. The molecule has 23 heavy (non-hydrogen) atoms. The van der Waals surface area contributed by atoms with Crippen LogP contribution in [-0.4, -0.2) is 30.3 Å². The van der Waals surface area contributed by atoms with Crippen molar-refractivity contribution >= 4 is 17.7 Å². The molecule has 0 bridgehead atoms. The van der Waals surface area contributed by atoms with E-state index in [0.717, 1.165) is 5.56 Å². The van der Waals surface area contributed by atoms with Crippen molar-refractivity contribution in [2.45, 2.75) is 45.8 Å². The summed E-state index contributed by atoms with van der Waals surface area (Å²) in [4.78, 5) is 34.3. The van der Waals surface area contributed by atoms with Crippen molar-refractivity contribution in [1.82, 2.24) is 5.32 Å².